The third-order valence-corrected chi connectivity index (χ3v) is 12.9. The summed E-state index contributed by atoms with van der Waals surface area (Å²) in [5, 5.41) is 7.47. The highest BCUT2D eigenvalue weighted by atomic mass is 16.5. The molecule has 2 aromatic heterocycles. The lowest BCUT2D eigenvalue weighted by Crippen LogP contribution is -2.55. The Morgan fingerprint density at radius 2 is 1.30 bits per heavy atom. The van der Waals surface area contributed by atoms with Crippen molar-refractivity contribution in [2.75, 3.05) is 41.5 Å². The predicted molar refractivity (Wildman–Crippen MR) is 242 cm³/mol. The number of carbonyl (C=O) groups excluding carboxylic acids is 4. The number of aromatic amines is 2. The molecule has 16 nitrogen and oxygen atoms in total. The number of benzene rings is 3. The summed E-state index contributed by atoms with van der Waals surface area (Å²) >= 11 is 0. The number of likely N-dealkylation sites (N-methyl/N-ethyl adjacent to an activating group) is 1. The normalized spacial score (nSPS) is 17.7. The van der Waals surface area contributed by atoms with Crippen molar-refractivity contribution in [3.05, 3.63) is 84.7 Å². The van der Waals surface area contributed by atoms with Crippen LogP contribution in [0.5, 0.6) is 0 Å². The van der Waals surface area contributed by atoms with Crippen molar-refractivity contribution >= 4 is 34.8 Å². The summed E-state index contributed by atoms with van der Waals surface area (Å²) in [6.45, 7) is 10.4. The van der Waals surface area contributed by atoms with E-state index in [0.29, 0.717) is 24.7 Å². The van der Waals surface area contributed by atoms with E-state index >= 15 is 0 Å². The number of aromatic nitrogens is 4. The highest BCUT2D eigenvalue weighted by Gasteiger charge is 2.55. The van der Waals surface area contributed by atoms with E-state index in [1.54, 1.807) is 24.9 Å². The van der Waals surface area contributed by atoms with Crippen LogP contribution in [0.25, 0.3) is 44.4 Å². The van der Waals surface area contributed by atoms with Crippen LogP contribution in [0.1, 0.15) is 77.6 Å². The van der Waals surface area contributed by atoms with E-state index in [1.807, 2.05) is 31.9 Å². The second-order valence-corrected chi connectivity index (χ2v) is 17.3. The average molecular weight is 877 g/mol. The van der Waals surface area contributed by atoms with Gasteiger partial charge in [0.25, 0.3) is 0 Å². The molecule has 0 radical (unpaired) electrons. The Morgan fingerprint density at radius 1 is 0.750 bits per heavy atom. The van der Waals surface area contributed by atoms with Gasteiger partial charge in [-0.3, -0.25) is 9.59 Å². The van der Waals surface area contributed by atoms with Crippen LogP contribution in [0.3, 0.4) is 0 Å². The van der Waals surface area contributed by atoms with Crippen LogP contribution in [0.15, 0.2) is 73.1 Å². The van der Waals surface area contributed by atoms with E-state index < -0.39 is 42.5 Å². The fourth-order valence-electron chi connectivity index (χ4n) is 8.87. The van der Waals surface area contributed by atoms with E-state index in [9.17, 15) is 19.2 Å². The molecule has 1 aliphatic carbocycles. The summed E-state index contributed by atoms with van der Waals surface area (Å²) < 4.78 is 20.5. The summed E-state index contributed by atoms with van der Waals surface area (Å²) in [5.41, 5.74) is 5.79. The maximum Gasteiger partial charge on any atom is 0.407 e. The number of alkyl carbamates (subject to hydrolysis) is 2. The zero-order valence-corrected chi connectivity index (χ0v) is 38.1. The van der Waals surface area contributed by atoms with Crippen molar-refractivity contribution < 1.29 is 38.1 Å². The number of methoxy groups -OCH3 is 4. The number of nitrogens with zero attached hydrogens (tertiary/aromatic N) is 4. The second kappa shape index (κ2) is 19.2. The lowest BCUT2D eigenvalue weighted by Gasteiger charge is -2.36. The third-order valence-electron chi connectivity index (χ3n) is 12.9. The Bertz CT molecular complexity index is 2460. The summed E-state index contributed by atoms with van der Waals surface area (Å²) in [4.78, 5) is 72.4. The maximum atomic E-state index is 14.0. The van der Waals surface area contributed by atoms with E-state index in [-0.39, 0.29) is 29.2 Å². The van der Waals surface area contributed by atoms with Crippen LogP contribution in [0.2, 0.25) is 0 Å². The van der Waals surface area contributed by atoms with Crippen LogP contribution >= 0.6 is 0 Å². The first kappa shape index (κ1) is 45.8. The van der Waals surface area contributed by atoms with Crippen LogP contribution < -0.4 is 10.6 Å². The largest absolute Gasteiger partial charge is 0.453 e. The van der Waals surface area contributed by atoms with Gasteiger partial charge in [-0.1, -0.05) is 62.4 Å². The van der Waals surface area contributed by atoms with Crippen molar-refractivity contribution in [3.63, 3.8) is 0 Å². The van der Waals surface area contributed by atoms with Gasteiger partial charge in [-0.05, 0) is 91.0 Å². The van der Waals surface area contributed by atoms with Gasteiger partial charge in [-0.25, -0.2) is 19.6 Å². The summed E-state index contributed by atoms with van der Waals surface area (Å²) in [6, 6.07) is 18.5. The molecule has 1 saturated heterocycles. The van der Waals surface area contributed by atoms with Gasteiger partial charge in [-0.15, -0.1) is 0 Å². The Morgan fingerprint density at radius 3 is 1.89 bits per heavy atom. The lowest BCUT2D eigenvalue weighted by atomic mass is 9.98. The summed E-state index contributed by atoms with van der Waals surface area (Å²) in [6.07, 6.45) is 3.96. The SMILES string of the molecule is CCN(C(=O)[C@@H](NC(=O)OC)C(C)OC)[C@H](c1ncc(-c2ccc(-c3ccc4cc(-c5cnc([C@@H]6CC7(CC7)CN6C(=O)[C@@H](NC(=O)OC)C(C)OC)[nH]5)ccc4c3)cc2)[nH]1)C(C)C. The highest BCUT2D eigenvalue weighted by molar-refractivity contribution is 5.91. The molecule has 1 saturated carbocycles. The predicted octanol–water partition coefficient (Wildman–Crippen LogP) is 7.41. The minimum Gasteiger partial charge on any atom is -0.453 e. The van der Waals surface area contributed by atoms with Crippen LogP contribution in [0.4, 0.5) is 9.59 Å². The minimum absolute atomic E-state index is 0.000696. The molecule has 340 valence electrons. The van der Waals surface area contributed by atoms with Gasteiger partial charge in [0.05, 0.1) is 62.3 Å². The number of hydrogen-bond donors (Lipinski definition) is 4. The van der Waals surface area contributed by atoms with Crippen molar-refractivity contribution in [3.8, 4) is 33.6 Å². The zero-order valence-electron chi connectivity index (χ0n) is 38.1. The Labute approximate surface area is 373 Å². The number of imidazole rings is 2. The van der Waals surface area contributed by atoms with Crippen LogP contribution in [0, 0.1) is 11.3 Å². The Kier molecular flexibility index (Phi) is 13.7. The van der Waals surface area contributed by atoms with Crippen LogP contribution in [-0.4, -0.2) is 120 Å². The minimum atomic E-state index is -0.949. The molecule has 6 atom stereocenters. The van der Waals surface area contributed by atoms with Gasteiger partial charge in [0, 0.05) is 32.9 Å². The molecule has 2 fully saturated rings. The van der Waals surface area contributed by atoms with Gasteiger partial charge in [0.1, 0.15) is 23.7 Å². The first-order valence-electron chi connectivity index (χ1n) is 21.8. The number of H-pyrrole nitrogens is 2. The quantitative estimate of drug-likeness (QED) is 0.0776. The number of ether oxygens (including phenoxy) is 4. The Hall–Kier alpha value is -6.26. The Balaban J connectivity index is 1.06. The van der Waals surface area contributed by atoms with Gasteiger partial charge >= 0.3 is 12.2 Å². The molecule has 3 heterocycles. The average Bonchev–Trinajstić information content (AvgIpc) is 3.63. The second-order valence-electron chi connectivity index (χ2n) is 17.3. The number of fused-ring (bicyclic) bond motifs is 1. The number of nitrogens with one attached hydrogen (secondary N) is 4. The van der Waals surface area contributed by atoms with Gasteiger partial charge in [-0.2, -0.15) is 0 Å². The zero-order chi connectivity index (χ0) is 45.9. The molecule has 1 spiro atoms. The van der Waals surface area contributed by atoms with Crippen molar-refractivity contribution in [1.82, 2.24) is 40.4 Å². The molecule has 64 heavy (non-hydrogen) atoms. The van der Waals surface area contributed by atoms with Crippen molar-refractivity contribution in [1.29, 1.82) is 0 Å². The number of hydrogen-bond acceptors (Lipinski definition) is 10. The van der Waals surface area contributed by atoms with E-state index in [2.05, 4.69) is 81.3 Å². The molecule has 2 aliphatic rings. The van der Waals surface area contributed by atoms with Gasteiger partial charge < -0.3 is 49.3 Å². The molecule has 4 amide bonds. The molecule has 7 rings (SSSR count). The van der Waals surface area contributed by atoms with E-state index in [4.69, 9.17) is 28.9 Å². The monoisotopic (exact) mass is 876 g/mol. The lowest BCUT2D eigenvalue weighted by molar-refractivity contribution is -0.140. The van der Waals surface area contributed by atoms with Gasteiger partial charge in [0.15, 0.2) is 0 Å². The maximum absolute atomic E-state index is 14.0. The van der Waals surface area contributed by atoms with Crippen molar-refractivity contribution in [2.24, 2.45) is 11.3 Å². The molecule has 1 aliphatic heterocycles. The van der Waals surface area contributed by atoms with E-state index in [1.165, 1.54) is 28.4 Å². The molecular weight excluding hydrogens is 817 g/mol. The third kappa shape index (κ3) is 9.48. The standard InChI is InChI=1S/C48H60N8O8/c1-10-55(44(57)39(28(4)61-6)53-46(59)63-8)41(27(2)3)43-50-24-36(52-43)31-13-11-30(12-14-31)32-15-16-34-22-35(18-17-33(34)21-32)37-25-49-42(51-37)38-23-48(19-20-48)26-56(38)45(58)40(29(5)62-7)54-47(60)64-9/h11-18,21-22,24-25,27-29,38-41H,10,19-20,23,26H2,1-9H3,(H,49,51)(H,50,52)(H,53,59)(H,54,60)/t28?,29?,38-,39-,40-,41-/m0/s1. The molecule has 5 aromatic rings. The molecular formula is C48H60N8O8. The van der Waals surface area contributed by atoms with Crippen LogP contribution in [-0.2, 0) is 28.5 Å². The number of amides is 4. The summed E-state index contributed by atoms with van der Waals surface area (Å²) in [7, 11) is 5.54. The first-order chi connectivity index (χ1) is 30.7. The molecule has 16 heteroatoms. The number of carbonyl (C=O) groups is 4. The van der Waals surface area contributed by atoms with E-state index in [0.717, 1.165) is 63.7 Å². The first-order valence-corrected chi connectivity index (χ1v) is 21.8. The smallest absolute Gasteiger partial charge is 0.407 e. The topological polar surface area (TPSA) is 193 Å². The van der Waals surface area contributed by atoms with Crippen molar-refractivity contribution in [2.45, 2.75) is 90.3 Å². The fourth-order valence-corrected chi connectivity index (χ4v) is 8.87. The fraction of sp³-hybridized carbons (Fsp3) is 0.458. The van der Waals surface area contributed by atoms with Gasteiger partial charge in [0.2, 0.25) is 11.8 Å². The number of rotatable bonds is 16. The molecule has 4 N–H and O–H groups in total. The summed E-state index contributed by atoms with van der Waals surface area (Å²) in [5.74, 6) is 0.844. The molecule has 2 unspecified atom stereocenters. The molecule has 3 aromatic carbocycles. The number of likely N-dealkylation sites (tertiary alicyclic amines) is 1. The molecule has 0 bridgehead atoms. The highest BCUT2D eigenvalue weighted by Crippen LogP contribution is 2.58.